The number of anilines is 2. The molecule has 0 aromatic heterocycles. The van der Waals surface area contributed by atoms with Gasteiger partial charge in [-0.1, -0.05) is 0 Å². The van der Waals surface area contributed by atoms with Crippen molar-refractivity contribution in [1.82, 2.24) is 9.80 Å². The van der Waals surface area contributed by atoms with E-state index in [2.05, 4.69) is 5.32 Å². The maximum atomic E-state index is 13.0. The number of amides is 2. The van der Waals surface area contributed by atoms with Gasteiger partial charge in [0.05, 0.1) is 24.5 Å². The normalized spacial score (nSPS) is 17.4. The molecule has 0 saturated carbocycles. The predicted molar refractivity (Wildman–Crippen MR) is 105 cm³/mol. The van der Waals surface area contributed by atoms with E-state index in [1.165, 1.54) is 12.0 Å². The Hall–Kier alpha value is -2.64. The Kier molecular flexibility index (Phi) is 6.08. The molecule has 1 aromatic carbocycles. The highest BCUT2D eigenvalue weighted by Crippen LogP contribution is 2.33. The van der Waals surface area contributed by atoms with E-state index in [-0.39, 0.29) is 11.9 Å². The highest BCUT2D eigenvalue weighted by atomic mass is 16.5. The van der Waals surface area contributed by atoms with E-state index in [1.807, 2.05) is 20.8 Å². The molecule has 150 valence electrons. The van der Waals surface area contributed by atoms with Crippen molar-refractivity contribution in [2.24, 2.45) is 0 Å². The lowest BCUT2D eigenvalue weighted by molar-refractivity contribution is 0.0315. The molecule has 2 amide bonds. The standard InChI is InChI=1S/C19H30N4O4/c1-19(2,3)23(18(25)26)13-7-6-8-22(11-13)17(24)12-9-14(20)16(21-4)15(10-12)27-5/h9-10,13,21H,6-8,11,20H2,1-5H3,(H,25,26)/t13-/m1/s1. The molecule has 8 nitrogen and oxygen atoms in total. The first-order valence-corrected chi connectivity index (χ1v) is 9.07. The Morgan fingerprint density at radius 2 is 2.04 bits per heavy atom. The van der Waals surface area contributed by atoms with E-state index in [0.717, 1.165) is 12.8 Å². The first-order chi connectivity index (χ1) is 12.6. The van der Waals surface area contributed by atoms with Gasteiger partial charge in [-0.15, -0.1) is 0 Å². The third-order valence-corrected chi connectivity index (χ3v) is 4.83. The number of carbonyl (C=O) groups excluding carboxylic acids is 1. The van der Waals surface area contributed by atoms with Crippen LogP contribution < -0.4 is 15.8 Å². The van der Waals surface area contributed by atoms with Crippen LogP contribution in [0.15, 0.2) is 12.1 Å². The molecule has 1 fully saturated rings. The van der Waals surface area contributed by atoms with Crippen LogP contribution in [0.25, 0.3) is 0 Å². The summed E-state index contributed by atoms with van der Waals surface area (Å²) in [5, 5.41) is 12.6. The molecule has 0 aliphatic carbocycles. The van der Waals surface area contributed by atoms with Crippen molar-refractivity contribution < 1.29 is 19.4 Å². The molecule has 4 N–H and O–H groups in total. The summed E-state index contributed by atoms with van der Waals surface area (Å²) in [5.74, 6) is 0.322. The summed E-state index contributed by atoms with van der Waals surface area (Å²) in [4.78, 5) is 28.0. The summed E-state index contributed by atoms with van der Waals surface area (Å²) in [6, 6.07) is 3.04. The minimum atomic E-state index is -0.967. The second-order valence-corrected chi connectivity index (χ2v) is 7.76. The Morgan fingerprint density at radius 1 is 1.37 bits per heavy atom. The van der Waals surface area contributed by atoms with E-state index in [9.17, 15) is 14.7 Å². The monoisotopic (exact) mass is 378 g/mol. The SMILES string of the molecule is CNc1c(N)cc(C(=O)N2CCC[C@@H](N(C(=O)O)C(C)(C)C)C2)cc1OC. The van der Waals surface area contributed by atoms with Crippen molar-refractivity contribution in [2.75, 3.05) is 38.3 Å². The first kappa shape index (κ1) is 20.7. The van der Waals surface area contributed by atoms with Gasteiger partial charge in [0.25, 0.3) is 5.91 Å². The number of carbonyl (C=O) groups is 2. The molecule has 0 bridgehead atoms. The van der Waals surface area contributed by atoms with Gasteiger partial charge >= 0.3 is 6.09 Å². The van der Waals surface area contributed by atoms with Gasteiger partial charge < -0.3 is 25.8 Å². The number of ether oxygens (including phenoxy) is 1. The van der Waals surface area contributed by atoms with Gasteiger partial charge in [0, 0.05) is 31.2 Å². The molecule has 8 heteroatoms. The lowest BCUT2D eigenvalue weighted by Crippen LogP contribution is -2.57. The highest BCUT2D eigenvalue weighted by Gasteiger charge is 2.37. The van der Waals surface area contributed by atoms with Crippen LogP contribution in [0.1, 0.15) is 44.0 Å². The summed E-state index contributed by atoms with van der Waals surface area (Å²) in [7, 11) is 3.26. The number of carboxylic acid groups (broad SMARTS) is 1. The quantitative estimate of drug-likeness (QED) is 0.695. The number of piperidine rings is 1. The van der Waals surface area contributed by atoms with Crippen LogP contribution in [0.3, 0.4) is 0 Å². The van der Waals surface area contributed by atoms with E-state index < -0.39 is 11.6 Å². The third kappa shape index (κ3) is 4.37. The predicted octanol–water partition coefficient (Wildman–Crippen LogP) is 2.70. The number of nitrogen functional groups attached to an aromatic ring is 1. The average Bonchev–Trinajstić information content (AvgIpc) is 2.59. The zero-order valence-corrected chi connectivity index (χ0v) is 16.7. The second kappa shape index (κ2) is 7.94. The Balaban J connectivity index is 2.27. The minimum Gasteiger partial charge on any atom is -0.494 e. The molecule has 1 heterocycles. The van der Waals surface area contributed by atoms with Crippen LogP contribution in [0, 0.1) is 0 Å². The topological polar surface area (TPSA) is 108 Å². The number of benzene rings is 1. The maximum Gasteiger partial charge on any atom is 0.408 e. The maximum absolute atomic E-state index is 13.0. The molecule has 27 heavy (non-hydrogen) atoms. The van der Waals surface area contributed by atoms with Crippen molar-refractivity contribution in [1.29, 1.82) is 0 Å². The van der Waals surface area contributed by atoms with E-state index >= 15 is 0 Å². The van der Waals surface area contributed by atoms with Crippen molar-refractivity contribution in [3.05, 3.63) is 17.7 Å². The first-order valence-electron chi connectivity index (χ1n) is 9.07. The number of nitrogens with two attached hydrogens (primary N) is 1. The molecule has 1 saturated heterocycles. The molecule has 0 spiro atoms. The summed E-state index contributed by atoms with van der Waals surface area (Å²) in [6.07, 6.45) is 0.515. The summed E-state index contributed by atoms with van der Waals surface area (Å²) >= 11 is 0. The number of likely N-dealkylation sites (tertiary alicyclic amines) is 1. The van der Waals surface area contributed by atoms with Crippen LogP contribution in [0.2, 0.25) is 0 Å². The molecule has 1 aliphatic rings. The van der Waals surface area contributed by atoms with Gasteiger partial charge in [-0.3, -0.25) is 9.69 Å². The van der Waals surface area contributed by atoms with Gasteiger partial charge in [-0.05, 0) is 45.7 Å². The van der Waals surface area contributed by atoms with E-state index in [0.29, 0.717) is 35.8 Å². The van der Waals surface area contributed by atoms with Crippen LogP contribution in [-0.4, -0.2) is 65.7 Å². The largest absolute Gasteiger partial charge is 0.494 e. The minimum absolute atomic E-state index is 0.174. The number of nitrogens with zero attached hydrogens (tertiary/aromatic N) is 2. The number of hydrogen-bond acceptors (Lipinski definition) is 5. The zero-order valence-electron chi connectivity index (χ0n) is 16.7. The number of rotatable bonds is 4. The third-order valence-electron chi connectivity index (χ3n) is 4.83. The molecule has 1 aromatic rings. The van der Waals surface area contributed by atoms with E-state index in [1.54, 1.807) is 24.1 Å². The van der Waals surface area contributed by atoms with Gasteiger partial charge in [0.2, 0.25) is 0 Å². The summed E-state index contributed by atoms with van der Waals surface area (Å²) in [5.41, 5.74) is 7.00. The highest BCUT2D eigenvalue weighted by molar-refractivity contribution is 5.97. The van der Waals surface area contributed by atoms with Crippen molar-refractivity contribution in [3.63, 3.8) is 0 Å². The summed E-state index contributed by atoms with van der Waals surface area (Å²) in [6.45, 7) is 6.54. The van der Waals surface area contributed by atoms with Gasteiger partial charge in [0.15, 0.2) is 0 Å². The molecular weight excluding hydrogens is 348 g/mol. The van der Waals surface area contributed by atoms with Gasteiger partial charge in [-0.2, -0.15) is 0 Å². The lowest BCUT2D eigenvalue weighted by Gasteiger charge is -2.44. The van der Waals surface area contributed by atoms with Crippen LogP contribution in [0.5, 0.6) is 5.75 Å². The van der Waals surface area contributed by atoms with Crippen molar-refractivity contribution in [2.45, 2.75) is 45.2 Å². The second-order valence-electron chi connectivity index (χ2n) is 7.76. The Morgan fingerprint density at radius 3 is 2.56 bits per heavy atom. The van der Waals surface area contributed by atoms with Crippen LogP contribution >= 0.6 is 0 Å². The number of hydrogen-bond donors (Lipinski definition) is 3. The van der Waals surface area contributed by atoms with Gasteiger partial charge in [0.1, 0.15) is 5.75 Å². The Labute approximate surface area is 160 Å². The molecule has 1 atom stereocenters. The smallest absolute Gasteiger partial charge is 0.408 e. The van der Waals surface area contributed by atoms with Crippen LogP contribution in [-0.2, 0) is 0 Å². The molecule has 2 rings (SSSR count). The average molecular weight is 378 g/mol. The number of methoxy groups -OCH3 is 1. The van der Waals surface area contributed by atoms with Gasteiger partial charge in [-0.25, -0.2) is 4.79 Å². The number of nitrogens with one attached hydrogen (secondary N) is 1. The van der Waals surface area contributed by atoms with Crippen molar-refractivity contribution >= 4 is 23.4 Å². The molecule has 0 unspecified atom stereocenters. The molecule has 0 radical (unpaired) electrons. The fraction of sp³-hybridized carbons (Fsp3) is 0.579. The lowest BCUT2D eigenvalue weighted by atomic mass is 9.97. The van der Waals surface area contributed by atoms with Crippen LogP contribution in [0.4, 0.5) is 16.2 Å². The molecule has 1 aliphatic heterocycles. The Bertz CT molecular complexity index is 714. The zero-order chi connectivity index (χ0) is 20.4. The molecular formula is C19H30N4O4. The fourth-order valence-electron chi connectivity index (χ4n) is 3.71. The fourth-order valence-corrected chi connectivity index (χ4v) is 3.71. The summed E-state index contributed by atoms with van der Waals surface area (Å²) < 4.78 is 5.33. The van der Waals surface area contributed by atoms with Crippen molar-refractivity contribution in [3.8, 4) is 5.75 Å². The van der Waals surface area contributed by atoms with E-state index in [4.69, 9.17) is 10.5 Å².